The summed E-state index contributed by atoms with van der Waals surface area (Å²) in [7, 11) is 0. The molecule has 1 radical (unpaired) electrons. The molecule has 0 saturated carbocycles. The van der Waals surface area contributed by atoms with E-state index < -0.39 is 0 Å². The van der Waals surface area contributed by atoms with Gasteiger partial charge < -0.3 is 0 Å². The third-order valence-corrected chi connectivity index (χ3v) is 1.08. The molecule has 0 aromatic rings. The maximum atomic E-state index is 2.37. The summed E-state index contributed by atoms with van der Waals surface area (Å²) >= 11 is 0. The van der Waals surface area contributed by atoms with E-state index in [1.54, 1.807) is 0 Å². The smallest absolute Gasteiger partial charge is 0.0358 e. The molecule has 49 valence electrons. The first-order valence-corrected chi connectivity index (χ1v) is 3.46. The van der Waals surface area contributed by atoms with Crippen molar-refractivity contribution in [2.75, 3.05) is 0 Å². The number of hydrogen-bond donors (Lipinski definition) is 0. The zero-order chi connectivity index (χ0) is 6.57. The number of rotatable bonds is 3. The summed E-state index contributed by atoms with van der Waals surface area (Å²) in [6.07, 6.45) is 3.63. The van der Waals surface area contributed by atoms with E-state index in [2.05, 4.69) is 34.1 Å². The zero-order valence-electron chi connectivity index (χ0n) is 6.44. The van der Waals surface area contributed by atoms with Crippen LogP contribution in [0.5, 0.6) is 0 Å². The van der Waals surface area contributed by atoms with Crippen molar-refractivity contribution in [1.29, 1.82) is 0 Å². The van der Waals surface area contributed by atoms with Crippen molar-refractivity contribution in [2.45, 2.75) is 34.1 Å². The standard InChI is InChI=1S/C8H17/c1-7(2)5-6-8(3)4/h5,7-8H,6H2,1-4H3. The van der Waals surface area contributed by atoms with Crippen molar-refractivity contribution in [1.82, 2.24) is 0 Å². The minimum absolute atomic E-state index is 0.761. The maximum Gasteiger partial charge on any atom is -0.0358 e. The molecule has 0 spiro atoms. The Kier molecular flexibility index (Phi) is 3.94. The monoisotopic (exact) mass is 113 g/mol. The molecule has 0 fully saturated rings. The second kappa shape index (κ2) is 3.94. The van der Waals surface area contributed by atoms with Crippen molar-refractivity contribution < 1.29 is 0 Å². The van der Waals surface area contributed by atoms with Crippen LogP contribution in [0.3, 0.4) is 0 Å². The van der Waals surface area contributed by atoms with Gasteiger partial charge in [0.25, 0.3) is 0 Å². The van der Waals surface area contributed by atoms with Gasteiger partial charge in [-0.25, -0.2) is 0 Å². The molecule has 0 saturated heterocycles. The highest BCUT2D eigenvalue weighted by Gasteiger charge is 1.96. The van der Waals surface area contributed by atoms with Gasteiger partial charge in [-0.3, -0.25) is 0 Å². The first-order valence-electron chi connectivity index (χ1n) is 3.46. The van der Waals surface area contributed by atoms with Crippen LogP contribution in [-0.2, 0) is 0 Å². The molecule has 0 rings (SSSR count). The van der Waals surface area contributed by atoms with Crippen LogP contribution in [0.4, 0.5) is 0 Å². The minimum atomic E-state index is 0.761. The van der Waals surface area contributed by atoms with E-state index >= 15 is 0 Å². The molecule has 8 heavy (non-hydrogen) atoms. The molecule has 0 N–H and O–H groups in total. The van der Waals surface area contributed by atoms with Crippen molar-refractivity contribution in [3.8, 4) is 0 Å². The van der Waals surface area contributed by atoms with Gasteiger partial charge in [-0.05, 0) is 24.7 Å². The Labute approximate surface area is 53.3 Å². The molecule has 0 heterocycles. The van der Waals surface area contributed by atoms with Crippen LogP contribution >= 0.6 is 0 Å². The minimum Gasteiger partial charge on any atom is -0.0628 e. The molecule has 0 nitrogen and oxygen atoms in total. The van der Waals surface area contributed by atoms with Crippen LogP contribution in [0.15, 0.2) is 0 Å². The lowest BCUT2D eigenvalue weighted by atomic mass is 10.0. The molecule has 0 amide bonds. The van der Waals surface area contributed by atoms with Gasteiger partial charge in [-0.2, -0.15) is 0 Å². The molecule has 0 atom stereocenters. The Morgan fingerprint density at radius 3 is 1.75 bits per heavy atom. The lowest BCUT2D eigenvalue weighted by Gasteiger charge is -2.05. The number of hydrogen-bond acceptors (Lipinski definition) is 0. The molecule has 0 bridgehead atoms. The predicted molar refractivity (Wildman–Crippen MR) is 38.6 cm³/mol. The van der Waals surface area contributed by atoms with Crippen LogP contribution in [-0.4, -0.2) is 0 Å². The average Bonchev–Trinajstić information content (AvgIpc) is 1.61. The Balaban J connectivity index is 2.93. The van der Waals surface area contributed by atoms with Crippen LogP contribution in [0, 0.1) is 18.3 Å². The molecule has 0 aliphatic carbocycles. The van der Waals surface area contributed by atoms with Gasteiger partial charge in [0.05, 0.1) is 0 Å². The molecule has 0 aliphatic rings. The fraction of sp³-hybridized carbons (Fsp3) is 0.875. The molecular weight excluding hydrogens is 96.1 g/mol. The fourth-order valence-corrected chi connectivity index (χ4v) is 0.544. The van der Waals surface area contributed by atoms with Crippen molar-refractivity contribution in [3.05, 3.63) is 6.42 Å². The summed E-state index contributed by atoms with van der Waals surface area (Å²) in [5, 5.41) is 0. The van der Waals surface area contributed by atoms with Crippen LogP contribution in [0.25, 0.3) is 0 Å². The van der Waals surface area contributed by atoms with Crippen LogP contribution in [0.1, 0.15) is 34.1 Å². The second-order valence-corrected chi connectivity index (χ2v) is 3.11. The molecule has 0 aromatic carbocycles. The maximum absolute atomic E-state index is 2.37. The van der Waals surface area contributed by atoms with E-state index in [4.69, 9.17) is 0 Å². The Bertz CT molecular complexity index is 36.0. The lowest BCUT2D eigenvalue weighted by molar-refractivity contribution is 0.580. The Hall–Kier alpha value is 0. The topological polar surface area (TPSA) is 0 Å². The Morgan fingerprint density at radius 1 is 1.12 bits per heavy atom. The normalized spacial score (nSPS) is 11.2. The van der Waals surface area contributed by atoms with Gasteiger partial charge in [0, 0.05) is 0 Å². The molecule has 0 aliphatic heterocycles. The van der Waals surface area contributed by atoms with E-state index in [1.807, 2.05) is 0 Å². The zero-order valence-corrected chi connectivity index (χ0v) is 6.44. The van der Waals surface area contributed by atoms with Crippen LogP contribution < -0.4 is 0 Å². The van der Waals surface area contributed by atoms with Gasteiger partial charge in [0.2, 0.25) is 0 Å². The molecule has 0 aromatic heterocycles. The molecule has 0 unspecified atom stereocenters. The highest BCUT2D eigenvalue weighted by atomic mass is 14.0. The third-order valence-electron chi connectivity index (χ3n) is 1.08. The van der Waals surface area contributed by atoms with E-state index in [1.165, 1.54) is 6.42 Å². The third kappa shape index (κ3) is 6.00. The van der Waals surface area contributed by atoms with Gasteiger partial charge in [0.15, 0.2) is 0 Å². The van der Waals surface area contributed by atoms with Gasteiger partial charge >= 0.3 is 0 Å². The summed E-state index contributed by atoms with van der Waals surface area (Å²) in [5.41, 5.74) is 0. The van der Waals surface area contributed by atoms with Crippen LogP contribution in [0.2, 0.25) is 0 Å². The van der Waals surface area contributed by atoms with Gasteiger partial charge in [-0.15, -0.1) is 0 Å². The fourth-order valence-electron chi connectivity index (χ4n) is 0.544. The Morgan fingerprint density at radius 2 is 1.62 bits per heavy atom. The summed E-state index contributed by atoms with van der Waals surface area (Å²) in [6, 6.07) is 0. The van der Waals surface area contributed by atoms with E-state index in [0.29, 0.717) is 0 Å². The lowest BCUT2D eigenvalue weighted by Crippen LogP contribution is -1.93. The quantitative estimate of drug-likeness (QED) is 0.528. The van der Waals surface area contributed by atoms with E-state index in [0.717, 1.165) is 11.8 Å². The highest BCUT2D eigenvalue weighted by Crippen LogP contribution is 2.08. The van der Waals surface area contributed by atoms with E-state index in [9.17, 15) is 0 Å². The summed E-state index contributed by atoms with van der Waals surface area (Å²) in [4.78, 5) is 0. The van der Waals surface area contributed by atoms with Crippen molar-refractivity contribution in [2.24, 2.45) is 11.8 Å². The molecule has 0 heteroatoms. The van der Waals surface area contributed by atoms with Gasteiger partial charge in [0.1, 0.15) is 0 Å². The highest BCUT2D eigenvalue weighted by molar-refractivity contribution is 4.69. The van der Waals surface area contributed by atoms with Crippen molar-refractivity contribution >= 4 is 0 Å². The largest absolute Gasteiger partial charge is 0.0628 e. The average molecular weight is 113 g/mol. The SMILES string of the molecule is CC(C)[CH]CC(C)C. The second-order valence-electron chi connectivity index (χ2n) is 3.11. The molecular formula is C8H17. The predicted octanol–water partition coefficient (Wildman–Crippen LogP) is 2.89. The van der Waals surface area contributed by atoms with Gasteiger partial charge in [-0.1, -0.05) is 27.7 Å². The van der Waals surface area contributed by atoms with Crippen molar-refractivity contribution in [3.63, 3.8) is 0 Å². The summed E-state index contributed by atoms with van der Waals surface area (Å²) in [5.74, 6) is 1.59. The first-order chi connectivity index (χ1) is 3.63. The first kappa shape index (κ1) is 8.00. The van der Waals surface area contributed by atoms with E-state index in [-0.39, 0.29) is 0 Å². The summed E-state index contributed by atoms with van der Waals surface area (Å²) < 4.78 is 0. The summed E-state index contributed by atoms with van der Waals surface area (Å²) in [6.45, 7) is 8.95.